The van der Waals surface area contributed by atoms with Gasteiger partial charge in [0.15, 0.2) is 11.5 Å². The fraction of sp³-hybridized carbons (Fsp3) is 0.480. The standard InChI is InChI=1S/C25H32N2O3/c1-27(22-10-3-2-4-11-22)18-21-9-6-5-8-20(21)17-26-25(28)19-12-13-23-24(16-19)30-15-7-14-29-23/h5-6,8-9,12-13,16,22H,2-4,7,10-11,14-15,17-18H2,1H3,(H,26,28). The summed E-state index contributed by atoms with van der Waals surface area (Å²) >= 11 is 0. The Morgan fingerprint density at radius 2 is 1.70 bits per heavy atom. The molecule has 1 amide bonds. The van der Waals surface area contributed by atoms with Gasteiger partial charge in [-0.2, -0.15) is 0 Å². The third-order valence-electron chi connectivity index (χ3n) is 6.19. The van der Waals surface area contributed by atoms with E-state index in [1.54, 1.807) is 12.1 Å². The summed E-state index contributed by atoms with van der Waals surface area (Å²) in [6.07, 6.45) is 7.47. The number of carbonyl (C=O) groups excluding carboxylic acids is 1. The van der Waals surface area contributed by atoms with Gasteiger partial charge in [0.1, 0.15) is 0 Å². The molecule has 2 aromatic carbocycles. The Hall–Kier alpha value is -2.53. The van der Waals surface area contributed by atoms with Gasteiger partial charge in [-0.3, -0.25) is 9.69 Å². The second-order valence-corrected chi connectivity index (χ2v) is 8.37. The van der Waals surface area contributed by atoms with Crippen LogP contribution in [0, 0.1) is 0 Å². The smallest absolute Gasteiger partial charge is 0.251 e. The molecule has 1 N–H and O–H groups in total. The van der Waals surface area contributed by atoms with Crippen molar-refractivity contribution >= 4 is 5.91 Å². The van der Waals surface area contributed by atoms with Gasteiger partial charge in [-0.05, 0) is 49.2 Å². The molecule has 0 saturated heterocycles. The van der Waals surface area contributed by atoms with E-state index in [-0.39, 0.29) is 5.91 Å². The Morgan fingerprint density at radius 1 is 0.967 bits per heavy atom. The first-order valence-electron chi connectivity index (χ1n) is 11.2. The molecule has 1 aliphatic carbocycles. The van der Waals surface area contributed by atoms with E-state index < -0.39 is 0 Å². The molecular weight excluding hydrogens is 376 g/mol. The molecular formula is C25H32N2O3. The number of hydrogen-bond acceptors (Lipinski definition) is 4. The number of ether oxygens (including phenoxy) is 2. The molecule has 0 aromatic heterocycles. The van der Waals surface area contributed by atoms with Crippen LogP contribution in [0.4, 0.5) is 0 Å². The topological polar surface area (TPSA) is 50.8 Å². The maximum Gasteiger partial charge on any atom is 0.251 e. The van der Waals surface area contributed by atoms with Crippen molar-refractivity contribution in [3.63, 3.8) is 0 Å². The fourth-order valence-corrected chi connectivity index (χ4v) is 4.39. The average molecular weight is 409 g/mol. The van der Waals surface area contributed by atoms with E-state index in [4.69, 9.17) is 9.47 Å². The quantitative estimate of drug-likeness (QED) is 0.762. The van der Waals surface area contributed by atoms with Gasteiger partial charge in [0, 0.05) is 31.1 Å². The Balaban J connectivity index is 1.39. The highest BCUT2D eigenvalue weighted by Gasteiger charge is 2.19. The summed E-state index contributed by atoms with van der Waals surface area (Å²) in [5.41, 5.74) is 3.04. The minimum Gasteiger partial charge on any atom is -0.490 e. The maximum atomic E-state index is 12.8. The molecule has 0 radical (unpaired) electrons. The summed E-state index contributed by atoms with van der Waals surface area (Å²) in [6, 6.07) is 14.5. The van der Waals surface area contributed by atoms with Crippen LogP contribution in [-0.2, 0) is 13.1 Å². The molecule has 0 atom stereocenters. The molecule has 2 aliphatic rings. The summed E-state index contributed by atoms with van der Waals surface area (Å²) in [5, 5.41) is 3.08. The van der Waals surface area contributed by atoms with Crippen molar-refractivity contribution in [1.29, 1.82) is 0 Å². The largest absolute Gasteiger partial charge is 0.490 e. The van der Waals surface area contributed by atoms with Gasteiger partial charge in [0.25, 0.3) is 5.91 Å². The van der Waals surface area contributed by atoms with Crippen LogP contribution in [0.1, 0.15) is 60.0 Å². The highest BCUT2D eigenvalue weighted by Crippen LogP contribution is 2.30. The molecule has 0 bridgehead atoms. The molecule has 1 heterocycles. The van der Waals surface area contributed by atoms with Crippen molar-refractivity contribution in [2.75, 3.05) is 20.3 Å². The molecule has 5 nitrogen and oxygen atoms in total. The summed E-state index contributed by atoms with van der Waals surface area (Å²) in [7, 11) is 2.23. The fourth-order valence-electron chi connectivity index (χ4n) is 4.39. The van der Waals surface area contributed by atoms with Crippen LogP contribution in [0.3, 0.4) is 0 Å². The Kier molecular flexibility index (Phi) is 6.90. The normalized spacial score (nSPS) is 16.9. The number of benzene rings is 2. The molecule has 30 heavy (non-hydrogen) atoms. The van der Waals surface area contributed by atoms with Crippen LogP contribution in [0.25, 0.3) is 0 Å². The summed E-state index contributed by atoms with van der Waals surface area (Å²) in [4.78, 5) is 15.2. The molecule has 2 aromatic rings. The Bertz CT molecular complexity index is 861. The van der Waals surface area contributed by atoms with Crippen molar-refractivity contribution in [2.24, 2.45) is 0 Å². The SMILES string of the molecule is CN(Cc1ccccc1CNC(=O)c1ccc2c(c1)OCCCO2)C1CCCCC1. The number of fused-ring (bicyclic) bond motifs is 1. The predicted molar refractivity (Wildman–Crippen MR) is 118 cm³/mol. The van der Waals surface area contributed by atoms with Gasteiger partial charge in [-0.25, -0.2) is 0 Å². The summed E-state index contributed by atoms with van der Waals surface area (Å²) in [6.45, 7) is 2.69. The Morgan fingerprint density at radius 3 is 2.50 bits per heavy atom. The minimum absolute atomic E-state index is 0.0962. The molecule has 1 fully saturated rings. The molecule has 1 aliphatic heterocycles. The molecule has 5 heteroatoms. The van der Waals surface area contributed by atoms with Crippen LogP contribution in [0.2, 0.25) is 0 Å². The Labute approximate surface area is 179 Å². The second-order valence-electron chi connectivity index (χ2n) is 8.37. The second kappa shape index (κ2) is 9.98. The minimum atomic E-state index is -0.0962. The molecule has 4 rings (SSSR count). The maximum absolute atomic E-state index is 12.8. The molecule has 160 valence electrons. The van der Waals surface area contributed by atoms with Crippen LogP contribution >= 0.6 is 0 Å². The number of nitrogens with one attached hydrogen (secondary N) is 1. The highest BCUT2D eigenvalue weighted by molar-refractivity contribution is 5.94. The van der Waals surface area contributed by atoms with Gasteiger partial charge >= 0.3 is 0 Å². The van der Waals surface area contributed by atoms with E-state index in [1.807, 2.05) is 12.1 Å². The number of amides is 1. The van der Waals surface area contributed by atoms with Crippen LogP contribution in [0.15, 0.2) is 42.5 Å². The lowest BCUT2D eigenvalue weighted by Crippen LogP contribution is -2.33. The van der Waals surface area contributed by atoms with Crippen molar-refractivity contribution in [1.82, 2.24) is 10.2 Å². The van der Waals surface area contributed by atoms with Crippen molar-refractivity contribution in [3.05, 3.63) is 59.2 Å². The zero-order chi connectivity index (χ0) is 20.8. The van der Waals surface area contributed by atoms with Crippen LogP contribution < -0.4 is 14.8 Å². The lowest BCUT2D eigenvalue weighted by molar-refractivity contribution is 0.0950. The van der Waals surface area contributed by atoms with Crippen LogP contribution in [-0.4, -0.2) is 37.1 Å². The lowest BCUT2D eigenvalue weighted by atomic mass is 9.94. The number of rotatable bonds is 6. The van der Waals surface area contributed by atoms with Gasteiger partial charge < -0.3 is 14.8 Å². The number of hydrogen-bond donors (Lipinski definition) is 1. The molecule has 0 spiro atoms. The molecule has 1 saturated carbocycles. The van der Waals surface area contributed by atoms with Gasteiger partial charge in [-0.15, -0.1) is 0 Å². The van der Waals surface area contributed by atoms with E-state index >= 15 is 0 Å². The molecule has 0 unspecified atom stereocenters. The third-order valence-corrected chi connectivity index (χ3v) is 6.19. The first-order chi connectivity index (χ1) is 14.7. The number of carbonyl (C=O) groups is 1. The van der Waals surface area contributed by atoms with Crippen LogP contribution in [0.5, 0.6) is 11.5 Å². The first-order valence-corrected chi connectivity index (χ1v) is 11.2. The van der Waals surface area contributed by atoms with E-state index in [0.29, 0.717) is 42.9 Å². The average Bonchev–Trinajstić information content (AvgIpc) is 3.03. The van der Waals surface area contributed by atoms with Crippen molar-refractivity contribution < 1.29 is 14.3 Å². The van der Waals surface area contributed by atoms with Crippen molar-refractivity contribution in [2.45, 2.75) is 57.7 Å². The summed E-state index contributed by atoms with van der Waals surface area (Å²) < 4.78 is 11.4. The van der Waals surface area contributed by atoms with E-state index in [1.165, 1.54) is 43.2 Å². The van der Waals surface area contributed by atoms with Gasteiger partial charge in [0.05, 0.1) is 13.2 Å². The van der Waals surface area contributed by atoms with Gasteiger partial charge in [0.2, 0.25) is 0 Å². The lowest BCUT2D eigenvalue weighted by Gasteiger charge is -2.31. The highest BCUT2D eigenvalue weighted by atomic mass is 16.5. The van der Waals surface area contributed by atoms with Crippen molar-refractivity contribution in [3.8, 4) is 11.5 Å². The van der Waals surface area contributed by atoms with Gasteiger partial charge in [-0.1, -0.05) is 43.5 Å². The number of nitrogens with zero attached hydrogens (tertiary/aromatic N) is 1. The first kappa shape index (κ1) is 20.7. The van der Waals surface area contributed by atoms with E-state index in [0.717, 1.165) is 13.0 Å². The zero-order valence-electron chi connectivity index (χ0n) is 17.9. The van der Waals surface area contributed by atoms with E-state index in [9.17, 15) is 4.79 Å². The predicted octanol–water partition coefficient (Wildman–Crippen LogP) is 4.54. The monoisotopic (exact) mass is 408 g/mol. The summed E-state index contributed by atoms with van der Waals surface area (Å²) in [5.74, 6) is 1.26. The third kappa shape index (κ3) is 5.14. The van der Waals surface area contributed by atoms with E-state index in [2.05, 4.69) is 35.5 Å². The zero-order valence-corrected chi connectivity index (χ0v) is 17.9.